The Morgan fingerprint density at radius 3 is 2.47 bits per heavy atom. The summed E-state index contributed by atoms with van der Waals surface area (Å²) in [6, 6.07) is 0.786. The smallest absolute Gasteiger partial charge is 0.00915 e. The van der Waals surface area contributed by atoms with Gasteiger partial charge >= 0.3 is 0 Å². The quantitative estimate of drug-likeness (QED) is 0.782. The van der Waals surface area contributed by atoms with Gasteiger partial charge in [-0.15, -0.1) is 0 Å². The highest BCUT2D eigenvalue weighted by molar-refractivity contribution is 4.80. The predicted octanol–water partition coefficient (Wildman–Crippen LogP) is 1.40. The second-order valence-electron chi connectivity index (χ2n) is 5.94. The first-order valence-electron chi connectivity index (χ1n) is 7.42. The van der Waals surface area contributed by atoms with Crippen LogP contribution < -0.4 is 5.32 Å². The number of rotatable bonds is 5. The number of hydrogen-bond acceptors (Lipinski definition) is 3. The number of piperidine rings is 1. The molecule has 100 valence electrons. The Labute approximate surface area is 107 Å². The molecule has 0 saturated carbocycles. The molecular weight excluding hydrogens is 210 g/mol. The molecule has 0 aliphatic carbocycles. The molecule has 0 aromatic heterocycles. The number of nitrogens with zero attached hydrogens (tertiary/aromatic N) is 2. The van der Waals surface area contributed by atoms with E-state index in [1.165, 1.54) is 65.0 Å². The van der Waals surface area contributed by atoms with Crippen LogP contribution in [0.25, 0.3) is 0 Å². The number of hydrogen-bond donors (Lipinski definition) is 1. The summed E-state index contributed by atoms with van der Waals surface area (Å²) in [6.45, 7) is 10.00. The molecule has 1 unspecified atom stereocenters. The molecule has 2 saturated heterocycles. The fourth-order valence-corrected chi connectivity index (χ4v) is 3.20. The van der Waals surface area contributed by atoms with Gasteiger partial charge in [0.15, 0.2) is 0 Å². The number of nitrogens with one attached hydrogen (secondary N) is 1. The van der Waals surface area contributed by atoms with Crippen LogP contribution in [0.1, 0.15) is 32.6 Å². The van der Waals surface area contributed by atoms with E-state index in [0.717, 1.165) is 12.0 Å². The van der Waals surface area contributed by atoms with Gasteiger partial charge in [-0.3, -0.25) is 0 Å². The van der Waals surface area contributed by atoms with Crippen molar-refractivity contribution in [2.45, 2.75) is 38.6 Å². The zero-order chi connectivity index (χ0) is 12.1. The highest BCUT2D eigenvalue weighted by atomic mass is 15.1. The lowest BCUT2D eigenvalue weighted by Gasteiger charge is -2.32. The average Bonchev–Trinajstić information content (AvgIpc) is 2.75. The molecule has 2 aliphatic rings. The summed E-state index contributed by atoms with van der Waals surface area (Å²) in [5.74, 6) is 0.897. The van der Waals surface area contributed by atoms with Gasteiger partial charge in [-0.1, -0.05) is 6.92 Å². The van der Waals surface area contributed by atoms with Crippen LogP contribution in [0, 0.1) is 5.92 Å². The van der Waals surface area contributed by atoms with E-state index in [4.69, 9.17) is 0 Å². The van der Waals surface area contributed by atoms with E-state index < -0.39 is 0 Å². The maximum atomic E-state index is 3.79. The van der Waals surface area contributed by atoms with Crippen LogP contribution in [0.5, 0.6) is 0 Å². The van der Waals surface area contributed by atoms with Crippen molar-refractivity contribution in [3.63, 3.8) is 0 Å². The molecule has 0 aromatic rings. The average molecular weight is 239 g/mol. The maximum absolute atomic E-state index is 3.79. The van der Waals surface area contributed by atoms with Crippen LogP contribution in [-0.2, 0) is 0 Å². The van der Waals surface area contributed by atoms with Crippen molar-refractivity contribution >= 4 is 0 Å². The largest absolute Gasteiger partial charge is 0.314 e. The van der Waals surface area contributed by atoms with Crippen molar-refractivity contribution < 1.29 is 0 Å². The minimum Gasteiger partial charge on any atom is -0.314 e. The van der Waals surface area contributed by atoms with Crippen LogP contribution in [-0.4, -0.2) is 62.2 Å². The van der Waals surface area contributed by atoms with Gasteiger partial charge in [-0.2, -0.15) is 0 Å². The Balaban J connectivity index is 1.58. The fraction of sp³-hybridized carbons (Fsp3) is 1.00. The number of likely N-dealkylation sites (tertiary alicyclic amines) is 2. The van der Waals surface area contributed by atoms with Gasteiger partial charge in [-0.25, -0.2) is 0 Å². The van der Waals surface area contributed by atoms with Gasteiger partial charge in [0.05, 0.1) is 0 Å². The van der Waals surface area contributed by atoms with Crippen molar-refractivity contribution in [1.82, 2.24) is 15.1 Å². The molecule has 1 atom stereocenters. The molecule has 2 aliphatic heterocycles. The summed E-state index contributed by atoms with van der Waals surface area (Å²) < 4.78 is 0. The summed E-state index contributed by atoms with van der Waals surface area (Å²) in [6.07, 6.45) is 5.38. The summed E-state index contributed by atoms with van der Waals surface area (Å²) in [5, 5.41) is 3.79. The molecule has 0 spiro atoms. The van der Waals surface area contributed by atoms with E-state index in [-0.39, 0.29) is 0 Å². The monoisotopic (exact) mass is 239 g/mol. The van der Waals surface area contributed by atoms with Crippen molar-refractivity contribution in [2.75, 3.05) is 46.3 Å². The molecule has 3 nitrogen and oxygen atoms in total. The first-order valence-corrected chi connectivity index (χ1v) is 7.42. The minimum atomic E-state index is 0.786. The van der Waals surface area contributed by atoms with E-state index in [9.17, 15) is 0 Å². The van der Waals surface area contributed by atoms with Gasteiger partial charge in [-0.05, 0) is 71.4 Å². The van der Waals surface area contributed by atoms with Crippen LogP contribution in [0.2, 0.25) is 0 Å². The molecular formula is C14H29N3. The molecule has 17 heavy (non-hydrogen) atoms. The van der Waals surface area contributed by atoms with Gasteiger partial charge in [0.1, 0.15) is 0 Å². The lowest BCUT2D eigenvalue weighted by atomic mass is 10.0. The molecule has 2 fully saturated rings. The highest BCUT2D eigenvalue weighted by Crippen LogP contribution is 2.15. The standard InChI is InChI=1S/C14H29N3/c1-3-7-17-9-5-14(6-10-17)15-11-13-4-8-16(2)12-13/h13-15H,3-12H2,1-2H3. The third-order valence-corrected chi connectivity index (χ3v) is 4.31. The van der Waals surface area contributed by atoms with Crippen LogP contribution >= 0.6 is 0 Å². The second-order valence-corrected chi connectivity index (χ2v) is 5.94. The van der Waals surface area contributed by atoms with E-state index in [1.807, 2.05) is 0 Å². The fourth-order valence-electron chi connectivity index (χ4n) is 3.20. The topological polar surface area (TPSA) is 18.5 Å². The summed E-state index contributed by atoms with van der Waals surface area (Å²) in [7, 11) is 2.24. The Bertz CT molecular complexity index is 212. The Morgan fingerprint density at radius 1 is 1.12 bits per heavy atom. The zero-order valence-electron chi connectivity index (χ0n) is 11.6. The summed E-state index contributed by atoms with van der Waals surface area (Å²) >= 11 is 0. The Morgan fingerprint density at radius 2 is 1.88 bits per heavy atom. The van der Waals surface area contributed by atoms with Crippen molar-refractivity contribution in [3.05, 3.63) is 0 Å². The molecule has 2 rings (SSSR count). The summed E-state index contributed by atoms with van der Waals surface area (Å²) in [5.41, 5.74) is 0. The normalized spacial score (nSPS) is 28.9. The van der Waals surface area contributed by atoms with E-state index >= 15 is 0 Å². The third kappa shape index (κ3) is 4.23. The van der Waals surface area contributed by atoms with Crippen LogP contribution in [0.4, 0.5) is 0 Å². The lowest BCUT2D eigenvalue weighted by Crippen LogP contribution is -2.44. The molecule has 0 aromatic carbocycles. The summed E-state index contributed by atoms with van der Waals surface area (Å²) in [4.78, 5) is 5.07. The van der Waals surface area contributed by atoms with Gasteiger partial charge < -0.3 is 15.1 Å². The van der Waals surface area contributed by atoms with Crippen LogP contribution in [0.15, 0.2) is 0 Å². The predicted molar refractivity (Wildman–Crippen MR) is 73.4 cm³/mol. The van der Waals surface area contributed by atoms with Gasteiger partial charge in [0.25, 0.3) is 0 Å². The first-order chi connectivity index (χ1) is 8.28. The second kappa shape index (κ2) is 6.72. The van der Waals surface area contributed by atoms with Crippen molar-refractivity contribution in [2.24, 2.45) is 5.92 Å². The zero-order valence-corrected chi connectivity index (χ0v) is 11.6. The highest BCUT2D eigenvalue weighted by Gasteiger charge is 2.22. The molecule has 1 N–H and O–H groups in total. The van der Waals surface area contributed by atoms with E-state index in [2.05, 4.69) is 29.1 Å². The third-order valence-electron chi connectivity index (χ3n) is 4.31. The maximum Gasteiger partial charge on any atom is 0.00915 e. The molecule has 3 heteroatoms. The van der Waals surface area contributed by atoms with Crippen molar-refractivity contribution in [1.29, 1.82) is 0 Å². The SMILES string of the molecule is CCCN1CCC(NCC2CCN(C)C2)CC1. The minimum absolute atomic E-state index is 0.786. The van der Waals surface area contributed by atoms with Gasteiger partial charge in [0, 0.05) is 12.6 Å². The molecule has 0 bridgehead atoms. The Kier molecular flexibility index (Phi) is 5.26. The van der Waals surface area contributed by atoms with Crippen molar-refractivity contribution in [3.8, 4) is 0 Å². The van der Waals surface area contributed by atoms with E-state index in [0.29, 0.717) is 0 Å². The van der Waals surface area contributed by atoms with E-state index in [1.54, 1.807) is 0 Å². The molecule has 2 heterocycles. The Hall–Kier alpha value is -0.120. The van der Waals surface area contributed by atoms with Crippen LogP contribution in [0.3, 0.4) is 0 Å². The lowest BCUT2D eigenvalue weighted by molar-refractivity contribution is 0.195. The molecule has 0 amide bonds. The first kappa shape index (κ1) is 13.3. The molecule has 0 radical (unpaired) electrons. The van der Waals surface area contributed by atoms with Gasteiger partial charge in [0.2, 0.25) is 0 Å².